The minimum atomic E-state index is -0.456. The molecule has 17 heavy (non-hydrogen) atoms. The molecule has 1 aromatic rings. The van der Waals surface area contributed by atoms with E-state index in [4.69, 9.17) is 15.7 Å². The van der Waals surface area contributed by atoms with Crippen LogP contribution in [0.15, 0.2) is 16.6 Å². The smallest absolute Gasteiger partial charge is 0.145 e. The van der Waals surface area contributed by atoms with Gasteiger partial charge in [0.1, 0.15) is 11.6 Å². The van der Waals surface area contributed by atoms with E-state index < -0.39 is 11.2 Å². The van der Waals surface area contributed by atoms with Gasteiger partial charge in [-0.3, -0.25) is 0 Å². The molecule has 0 aliphatic rings. The highest BCUT2D eigenvalue weighted by molar-refractivity contribution is 9.10. The van der Waals surface area contributed by atoms with Gasteiger partial charge in [-0.05, 0) is 42.3 Å². The van der Waals surface area contributed by atoms with E-state index in [9.17, 15) is 4.39 Å². The van der Waals surface area contributed by atoms with Crippen LogP contribution in [0.3, 0.4) is 0 Å². The maximum atomic E-state index is 13.3. The summed E-state index contributed by atoms with van der Waals surface area (Å²) in [6.07, 6.45) is 0.556. The van der Waals surface area contributed by atoms with Crippen LogP contribution in [-0.2, 0) is 0 Å². The molecule has 0 bridgehead atoms. The van der Waals surface area contributed by atoms with E-state index >= 15 is 0 Å². The number of nitrogen functional groups attached to an aromatic ring is 1. The minimum absolute atomic E-state index is 0.305. The summed E-state index contributed by atoms with van der Waals surface area (Å²) < 4.78 is 18.9. The van der Waals surface area contributed by atoms with Crippen molar-refractivity contribution >= 4 is 21.6 Å². The average Bonchev–Trinajstić information content (AvgIpc) is 2.25. The highest BCUT2D eigenvalue weighted by Crippen LogP contribution is 2.29. The normalized spacial score (nSPS) is 11.0. The third-order valence-corrected chi connectivity index (χ3v) is 2.95. The summed E-state index contributed by atoms with van der Waals surface area (Å²) in [4.78, 5) is 0. The second kappa shape index (κ2) is 5.37. The van der Waals surface area contributed by atoms with Crippen molar-refractivity contribution in [2.45, 2.75) is 20.3 Å². The fraction of sp³-hybridized carbons (Fsp3) is 0.417. The summed E-state index contributed by atoms with van der Waals surface area (Å²) >= 11 is 3.04. The summed E-state index contributed by atoms with van der Waals surface area (Å²) in [7, 11) is 0. The van der Waals surface area contributed by atoms with Gasteiger partial charge in [0, 0.05) is 6.07 Å². The minimum Gasteiger partial charge on any atom is -0.491 e. The average molecular weight is 301 g/mol. The third-order valence-electron chi connectivity index (χ3n) is 2.34. The van der Waals surface area contributed by atoms with Crippen LogP contribution >= 0.6 is 15.9 Å². The molecular formula is C12H14BrFN2O. The van der Waals surface area contributed by atoms with Crippen LogP contribution in [0.2, 0.25) is 0 Å². The standard InChI is InChI=1S/C12H14BrFN2O/c1-12(2,7-15)3-4-17-11-6-9(14)8(13)5-10(11)16/h5-6H,3-4,16H2,1-2H3. The molecule has 0 heterocycles. The van der Waals surface area contributed by atoms with Crippen molar-refractivity contribution in [3.05, 3.63) is 22.4 Å². The monoisotopic (exact) mass is 300 g/mol. The van der Waals surface area contributed by atoms with Gasteiger partial charge >= 0.3 is 0 Å². The van der Waals surface area contributed by atoms with Crippen molar-refractivity contribution in [3.8, 4) is 11.8 Å². The largest absolute Gasteiger partial charge is 0.491 e. The Morgan fingerprint density at radius 1 is 1.53 bits per heavy atom. The molecule has 1 aromatic carbocycles. The predicted octanol–water partition coefficient (Wildman–Crippen LogP) is 3.49. The fourth-order valence-corrected chi connectivity index (χ4v) is 1.50. The Labute approximate surface area is 109 Å². The molecular weight excluding hydrogens is 287 g/mol. The first-order chi connectivity index (χ1) is 7.85. The highest BCUT2D eigenvalue weighted by atomic mass is 79.9. The van der Waals surface area contributed by atoms with E-state index in [0.29, 0.717) is 28.9 Å². The van der Waals surface area contributed by atoms with E-state index in [-0.39, 0.29) is 0 Å². The van der Waals surface area contributed by atoms with Gasteiger partial charge in [0.25, 0.3) is 0 Å². The number of nitrogens with two attached hydrogens (primary N) is 1. The molecule has 2 N–H and O–H groups in total. The molecule has 92 valence electrons. The lowest BCUT2D eigenvalue weighted by atomic mass is 9.92. The van der Waals surface area contributed by atoms with Gasteiger partial charge in [-0.25, -0.2) is 4.39 Å². The van der Waals surface area contributed by atoms with Crippen LogP contribution in [0, 0.1) is 22.6 Å². The summed E-state index contributed by atoms with van der Waals surface area (Å²) in [5, 5.41) is 8.83. The Morgan fingerprint density at radius 2 is 2.18 bits per heavy atom. The molecule has 0 spiro atoms. The summed E-state index contributed by atoms with van der Waals surface area (Å²) in [5.74, 6) is -0.117. The lowest BCUT2D eigenvalue weighted by molar-refractivity contribution is 0.264. The predicted molar refractivity (Wildman–Crippen MR) is 68.0 cm³/mol. The van der Waals surface area contributed by atoms with Crippen LogP contribution in [0.1, 0.15) is 20.3 Å². The molecule has 3 nitrogen and oxygen atoms in total. The number of halogens is 2. The lowest BCUT2D eigenvalue weighted by Crippen LogP contribution is -2.13. The molecule has 0 saturated carbocycles. The first-order valence-electron chi connectivity index (χ1n) is 5.14. The fourth-order valence-electron chi connectivity index (χ4n) is 1.14. The topological polar surface area (TPSA) is 59.0 Å². The number of hydrogen-bond acceptors (Lipinski definition) is 3. The van der Waals surface area contributed by atoms with Crippen LogP contribution in [0.4, 0.5) is 10.1 Å². The molecule has 0 atom stereocenters. The zero-order valence-electron chi connectivity index (χ0n) is 9.76. The molecule has 5 heteroatoms. The summed E-state index contributed by atoms with van der Waals surface area (Å²) in [6.45, 7) is 3.97. The van der Waals surface area contributed by atoms with E-state index in [1.54, 1.807) is 0 Å². The van der Waals surface area contributed by atoms with Gasteiger partial charge in [0.15, 0.2) is 0 Å². The Kier molecular flexibility index (Phi) is 4.35. The summed E-state index contributed by atoms with van der Waals surface area (Å²) in [5.41, 5.74) is 5.60. The number of nitrogens with zero attached hydrogens (tertiary/aromatic N) is 1. The number of ether oxygens (including phenoxy) is 1. The number of hydrogen-bond donors (Lipinski definition) is 1. The molecule has 0 radical (unpaired) electrons. The molecule has 1 rings (SSSR count). The quantitative estimate of drug-likeness (QED) is 0.866. The van der Waals surface area contributed by atoms with Gasteiger partial charge in [-0.15, -0.1) is 0 Å². The zero-order valence-corrected chi connectivity index (χ0v) is 11.3. The highest BCUT2D eigenvalue weighted by Gasteiger charge is 2.17. The van der Waals surface area contributed by atoms with Crippen LogP contribution in [0.5, 0.6) is 5.75 Å². The van der Waals surface area contributed by atoms with Crippen molar-refractivity contribution in [2.75, 3.05) is 12.3 Å². The Morgan fingerprint density at radius 3 is 2.76 bits per heavy atom. The molecule has 0 aliphatic carbocycles. The second-order valence-corrected chi connectivity index (χ2v) is 5.25. The number of rotatable bonds is 4. The van der Waals surface area contributed by atoms with Gasteiger partial charge in [-0.2, -0.15) is 5.26 Å². The maximum absolute atomic E-state index is 13.3. The van der Waals surface area contributed by atoms with Crippen molar-refractivity contribution in [2.24, 2.45) is 5.41 Å². The second-order valence-electron chi connectivity index (χ2n) is 4.40. The zero-order chi connectivity index (χ0) is 13.1. The Hall–Kier alpha value is -1.28. The van der Waals surface area contributed by atoms with Crippen LogP contribution in [-0.4, -0.2) is 6.61 Å². The van der Waals surface area contributed by atoms with Crippen molar-refractivity contribution in [3.63, 3.8) is 0 Å². The van der Waals surface area contributed by atoms with Gasteiger partial charge in [0.05, 0.1) is 28.3 Å². The number of benzene rings is 1. The van der Waals surface area contributed by atoms with Crippen LogP contribution < -0.4 is 10.5 Å². The molecule has 0 aliphatic heterocycles. The lowest BCUT2D eigenvalue weighted by Gasteiger charge is -2.16. The first kappa shape index (κ1) is 13.8. The van der Waals surface area contributed by atoms with E-state index in [2.05, 4.69) is 22.0 Å². The molecule has 0 saturated heterocycles. The number of anilines is 1. The molecule has 0 fully saturated rings. The van der Waals surface area contributed by atoms with E-state index in [1.807, 2.05) is 13.8 Å². The van der Waals surface area contributed by atoms with Gasteiger partial charge in [-0.1, -0.05) is 0 Å². The molecule has 0 unspecified atom stereocenters. The van der Waals surface area contributed by atoms with E-state index in [0.717, 1.165) is 0 Å². The molecule has 0 aromatic heterocycles. The van der Waals surface area contributed by atoms with Crippen LogP contribution in [0.25, 0.3) is 0 Å². The SMILES string of the molecule is CC(C)(C#N)CCOc1cc(F)c(Br)cc1N. The third kappa shape index (κ3) is 3.90. The first-order valence-corrected chi connectivity index (χ1v) is 5.93. The van der Waals surface area contributed by atoms with Gasteiger partial charge < -0.3 is 10.5 Å². The van der Waals surface area contributed by atoms with Crippen molar-refractivity contribution in [1.82, 2.24) is 0 Å². The number of nitriles is 1. The molecule has 0 amide bonds. The maximum Gasteiger partial charge on any atom is 0.145 e. The van der Waals surface area contributed by atoms with E-state index in [1.165, 1.54) is 12.1 Å². The summed E-state index contributed by atoms with van der Waals surface area (Å²) in [6, 6.07) is 4.86. The Bertz CT molecular complexity index is 455. The van der Waals surface area contributed by atoms with Crippen molar-refractivity contribution in [1.29, 1.82) is 5.26 Å². The Balaban J connectivity index is 2.65. The van der Waals surface area contributed by atoms with Gasteiger partial charge in [0.2, 0.25) is 0 Å². The van der Waals surface area contributed by atoms with Crippen molar-refractivity contribution < 1.29 is 9.13 Å².